The van der Waals surface area contributed by atoms with Crippen LogP contribution in [0.25, 0.3) is 0 Å². The zero-order valence-corrected chi connectivity index (χ0v) is 14.6. The van der Waals surface area contributed by atoms with Gasteiger partial charge in [0.2, 0.25) is 0 Å². The molecule has 4 nitrogen and oxygen atoms in total. The summed E-state index contributed by atoms with van der Waals surface area (Å²) in [6.07, 6.45) is 2.84. The highest BCUT2D eigenvalue weighted by molar-refractivity contribution is 9.11. The molecule has 1 aliphatic heterocycles. The molecule has 116 valence electrons. The summed E-state index contributed by atoms with van der Waals surface area (Å²) in [6.45, 7) is 4.37. The van der Waals surface area contributed by atoms with Crippen LogP contribution in [0.1, 0.15) is 21.8 Å². The minimum Gasteiger partial charge on any atom is -0.337 e. The van der Waals surface area contributed by atoms with Crippen LogP contribution in [0.15, 0.2) is 40.3 Å². The molecule has 2 aromatic heterocycles. The van der Waals surface area contributed by atoms with E-state index in [1.165, 1.54) is 11.3 Å². The Morgan fingerprint density at radius 2 is 2.09 bits per heavy atom. The fourth-order valence-corrected chi connectivity index (χ4v) is 3.99. The molecular weight excluding hydrogens is 362 g/mol. The number of nitrogens with zero attached hydrogens (tertiary/aromatic N) is 3. The van der Waals surface area contributed by atoms with Gasteiger partial charge in [0, 0.05) is 38.9 Å². The van der Waals surface area contributed by atoms with E-state index in [1.54, 1.807) is 0 Å². The van der Waals surface area contributed by atoms with Gasteiger partial charge in [-0.3, -0.25) is 14.7 Å². The van der Waals surface area contributed by atoms with E-state index in [9.17, 15) is 4.79 Å². The van der Waals surface area contributed by atoms with Gasteiger partial charge in [-0.15, -0.1) is 11.3 Å². The molecule has 2 aromatic rings. The molecule has 1 saturated heterocycles. The second kappa shape index (κ2) is 7.35. The largest absolute Gasteiger partial charge is 0.337 e. The van der Waals surface area contributed by atoms with Crippen LogP contribution in [0.3, 0.4) is 0 Å². The third-order valence-corrected chi connectivity index (χ3v) is 5.38. The molecular formula is C16H18BrN3OS. The fraction of sp³-hybridized carbons (Fsp3) is 0.375. The molecule has 6 heteroatoms. The summed E-state index contributed by atoms with van der Waals surface area (Å²) in [5.74, 6) is 0.149. The highest BCUT2D eigenvalue weighted by atomic mass is 79.9. The lowest BCUT2D eigenvalue weighted by Gasteiger charge is -2.21. The SMILES string of the molecule is O=C(c1ccc(Br)s1)N1CCCN(Cc2ccccn2)CC1. The second-order valence-corrected chi connectivity index (χ2v) is 7.81. The van der Waals surface area contributed by atoms with Crippen LogP contribution in [0.4, 0.5) is 0 Å². The molecule has 0 spiro atoms. The van der Waals surface area contributed by atoms with Gasteiger partial charge >= 0.3 is 0 Å². The van der Waals surface area contributed by atoms with Gasteiger partial charge in [0.05, 0.1) is 14.4 Å². The summed E-state index contributed by atoms with van der Waals surface area (Å²) in [5.41, 5.74) is 1.09. The van der Waals surface area contributed by atoms with E-state index in [2.05, 4.69) is 31.9 Å². The maximum atomic E-state index is 12.5. The number of rotatable bonds is 3. The zero-order valence-electron chi connectivity index (χ0n) is 12.2. The molecule has 3 rings (SSSR count). The molecule has 0 aromatic carbocycles. The molecule has 3 heterocycles. The number of carbonyl (C=O) groups excluding carboxylic acids is 1. The first kappa shape index (κ1) is 15.6. The van der Waals surface area contributed by atoms with Gasteiger partial charge < -0.3 is 4.90 Å². The third kappa shape index (κ3) is 3.94. The number of hydrogen-bond acceptors (Lipinski definition) is 4. The van der Waals surface area contributed by atoms with Crippen molar-refractivity contribution >= 4 is 33.2 Å². The van der Waals surface area contributed by atoms with Crippen molar-refractivity contribution in [1.29, 1.82) is 0 Å². The Bertz CT molecular complexity index is 631. The Morgan fingerprint density at radius 3 is 2.82 bits per heavy atom. The molecule has 0 N–H and O–H groups in total. The van der Waals surface area contributed by atoms with E-state index >= 15 is 0 Å². The molecule has 0 unspecified atom stereocenters. The average molecular weight is 380 g/mol. The van der Waals surface area contributed by atoms with Crippen LogP contribution >= 0.6 is 27.3 Å². The molecule has 1 amide bonds. The Morgan fingerprint density at radius 1 is 1.18 bits per heavy atom. The van der Waals surface area contributed by atoms with Crippen molar-refractivity contribution in [3.63, 3.8) is 0 Å². The summed E-state index contributed by atoms with van der Waals surface area (Å²) >= 11 is 4.92. The molecule has 0 aliphatic carbocycles. The van der Waals surface area contributed by atoms with Crippen molar-refractivity contribution in [2.45, 2.75) is 13.0 Å². The minimum absolute atomic E-state index is 0.149. The van der Waals surface area contributed by atoms with Crippen molar-refractivity contribution in [3.05, 3.63) is 50.9 Å². The van der Waals surface area contributed by atoms with Crippen LogP contribution in [0, 0.1) is 0 Å². The normalized spacial score (nSPS) is 16.5. The van der Waals surface area contributed by atoms with Gasteiger partial charge in [-0.2, -0.15) is 0 Å². The molecule has 0 radical (unpaired) electrons. The summed E-state index contributed by atoms with van der Waals surface area (Å²) in [4.78, 5) is 22.1. The minimum atomic E-state index is 0.149. The molecule has 0 saturated carbocycles. The summed E-state index contributed by atoms with van der Waals surface area (Å²) < 4.78 is 1.00. The Kier molecular flexibility index (Phi) is 5.23. The first-order valence-corrected chi connectivity index (χ1v) is 9.00. The molecule has 1 aliphatic rings. The summed E-state index contributed by atoms with van der Waals surface area (Å²) in [7, 11) is 0. The number of pyridine rings is 1. The van der Waals surface area contributed by atoms with Gasteiger partial charge in [0.15, 0.2) is 0 Å². The Hall–Kier alpha value is -1.24. The van der Waals surface area contributed by atoms with Crippen molar-refractivity contribution in [2.75, 3.05) is 26.2 Å². The third-order valence-electron chi connectivity index (χ3n) is 3.77. The first-order chi connectivity index (χ1) is 10.7. The zero-order chi connectivity index (χ0) is 15.4. The number of halogens is 1. The number of thiophene rings is 1. The smallest absolute Gasteiger partial charge is 0.264 e. The molecule has 0 atom stereocenters. The lowest BCUT2D eigenvalue weighted by atomic mass is 10.3. The second-order valence-electron chi connectivity index (χ2n) is 5.35. The van der Waals surface area contributed by atoms with Crippen LogP contribution in [0.2, 0.25) is 0 Å². The Balaban J connectivity index is 1.59. The van der Waals surface area contributed by atoms with Crippen molar-refractivity contribution in [3.8, 4) is 0 Å². The van der Waals surface area contributed by atoms with Crippen LogP contribution in [0.5, 0.6) is 0 Å². The highest BCUT2D eigenvalue weighted by Gasteiger charge is 2.21. The fourth-order valence-electron chi connectivity index (χ4n) is 2.64. The monoisotopic (exact) mass is 379 g/mol. The summed E-state index contributed by atoms with van der Waals surface area (Å²) in [5, 5.41) is 0. The van der Waals surface area contributed by atoms with Crippen molar-refractivity contribution in [1.82, 2.24) is 14.8 Å². The molecule has 1 fully saturated rings. The van der Waals surface area contributed by atoms with E-state index in [0.717, 1.165) is 53.5 Å². The summed E-state index contributed by atoms with van der Waals surface area (Å²) in [6, 6.07) is 9.84. The average Bonchev–Trinajstić information content (AvgIpc) is 2.83. The topological polar surface area (TPSA) is 36.4 Å². The number of carbonyl (C=O) groups is 1. The molecule has 22 heavy (non-hydrogen) atoms. The first-order valence-electron chi connectivity index (χ1n) is 7.39. The maximum absolute atomic E-state index is 12.5. The number of hydrogen-bond donors (Lipinski definition) is 0. The molecule has 0 bridgehead atoms. The van der Waals surface area contributed by atoms with Crippen LogP contribution in [-0.4, -0.2) is 46.9 Å². The van der Waals surface area contributed by atoms with Crippen molar-refractivity contribution < 1.29 is 4.79 Å². The van der Waals surface area contributed by atoms with Crippen molar-refractivity contribution in [2.24, 2.45) is 0 Å². The van der Waals surface area contributed by atoms with Crippen LogP contribution in [-0.2, 0) is 6.54 Å². The predicted octanol–water partition coefficient (Wildman–Crippen LogP) is 3.25. The van der Waals surface area contributed by atoms with Gasteiger partial charge in [-0.1, -0.05) is 6.07 Å². The van der Waals surface area contributed by atoms with E-state index in [-0.39, 0.29) is 5.91 Å². The van der Waals surface area contributed by atoms with Gasteiger partial charge in [0.1, 0.15) is 0 Å². The number of amides is 1. The van der Waals surface area contributed by atoms with E-state index < -0.39 is 0 Å². The maximum Gasteiger partial charge on any atom is 0.264 e. The quantitative estimate of drug-likeness (QED) is 0.820. The number of aromatic nitrogens is 1. The van der Waals surface area contributed by atoms with Gasteiger partial charge in [-0.05, 0) is 46.6 Å². The lowest BCUT2D eigenvalue weighted by Crippen LogP contribution is -2.34. The highest BCUT2D eigenvalue weighted by Crippen LogP contribution is 2.23. The lowest BCUT2D eigenvalue weighted by molar-refractivity contribution is 0.0766. The predicted molar refractivity (Wildman–Crippen MR) is 92.1 cm³/mol. The van der Waals surface area contributed by atoms with E-state index in [4.69, 9.17) is 0 Å². The Labute approximate surface area is 142 Å². The standard InChI is InChI=1S/C16H18BrN3OS/c17-15-6-5-14(22-15)16(21)20-9-3-8-19(10-11-20)12-13-4-1-2-7-18-13/h1-2,4-7H,3,8-12H2. The van der Waals surface area contributed by atoms with Crippen LogP contribution < -0.4 is 0 Å². The van der Waals surface area contributed by atoms with Gasteiger partial charge in [0.25, 0.3) is 5.91 Å². The van der Waals surface area contributed by atoms with E-state index in [0.29, 0.717) is 0 Å². The van der Waals surface area contributed by atoms with Gasteiger partial charge in [-0.25, -0.2) is 0 Å². The van der Waals surface area contributed by atoms with E-state index in [1.807, 2.05) is 35.4 Å².